The molecule has 7 nitrogen and oxygen atoms in total. The molecule has 27 heavy (non-hydrogen) atoms. The maximum Gasteiger partial charge on any atom is 0.323 e. The Balaban J connectivity index is 1.76. The van der Waals surface area contributed by atoms with Crippen molar-refractivity contribution in [2.45, 2.75) is 11.8 Å². The van der Waals surface area contributed by atoms with Crippen molar-refractivity contribution in [2.75, 3.05) is 36.9 Å². The van der Waals surface area contributed by atoms with Crippen molar-refractivity contribution >= 4 is 39.0 Å². The lowest BCUT2D eigenvalue weighted by Gasteiger charge is -2.26. The van der Waals surface area contributed by atoms with E-state index in [1.807, 2.05) is 19.1 Å². The molecule has 1 heterocycles. The average Bonchev–Trinajstić information content (AvgIpc) is 2.66. The van der Waals surface area contributed by atoms with E-state index in [4.69, 9.17) is 16.3 Å². The van der Waals surface area contributed by atoms with Crippen LogP contribution in [0.4, 0.5) is 16.2 Å². The van der Waals surface area contributed by atoms with Gasteiger partial charge in [-0.2, -0.15) is 4.31 Å². The van der Waals surface area contributed by atoms with Crippen LogP contribution >= 0.6 is 11.6 Å². The first-order valence-corrected chi connectivity index (χ1v) is 10.2. The minimum absolute atomic E-state index is 0.0689. The first-order valence-electron chi connectivity index (χ1n) is 8.38. The summed E-state index contributed by atoms with van der Waals surface area (Å²) in [4.78, 5) is 12.3. The van der Waals surface area contributed by atoms with E-state index >= 15 is 0 Å². The van der Waals surface area contributed by atoms with Gasteiger partial charge >= 0.3 is 6.03 Å². The zero-order valence-electron chi connectivity index (χ0n) is 14.7. The number of aryl methyl sites for hydroxylation is 1. The highest BCUT2D eigenvalue weighted by Crippen LogP contribution is 2.27. The third kappa shape index (κ3) is 4.78. The number of hydrogen-bond acceptors (Lipinski definition) is 4. The van der Waals surface area contributed by atoms with Crippen molar-refractivity contribution in [2.24, 2.45) is 0 Å². The Labute approximate surface area is 163 Å². The molecule has 9 heteroatoms. The molecule has 0 aliphatic carbocycles. The molecule has 1 aliphatic heterocycles. The number of halogens is 1. The fourth-order valence-electron chi connectivity index (χ4n) is 2.62. The van der Waals surface area contributed by atoms with Crippen LogP contribution < -0.4 is 10.6 Å². The van der Waals surface area contributed by atoms with Gasteiger partial charge in [-0.25, -0.2) is 13.2 Å². The zero-order valence-corrected chi connectivity index (χ0v) is 16.3. The predicted octanol–water partition coefficient (Wildman–Crippen LogP) is 3.31. The highest BCUT2D eigenvalue weighted by atomic mass is 35.5. The van der Waals surface area contributed by atoms with Gasteiger partial charge in [0.1, 0.15) is 0 Å². The number of anilines is 2. The standard InChI is InChI=1S/C18H20ClN3O4S/c1-13-2-4-14(5-3-13)20-18(23)21-17-12-15(6-7-16(17)19)27(24,25)22-8-10-26-11-9-22/h2-7,12H,8-11H2,1H3,(H2,20,21,23). The maximum atomic E-state index is 12.8. The molecule has 0 spiro atoms. The summed E-state index contributed by atoms with van der Waals surface area (Å²) in [5.41, 5.74) is 1.91. The summed E-state index contributed by atoms with van der Waals surface area (Å²) in [7, 11) is -3.68. The fourth-order valence-corrected chi connectivity index (χ4v) is 4.22. The second kappa shape index (κ2) is 8.26. The summed E-state index contributed by atoms with van der Waals surface area (Å²) in [6, 6.07) is 11.0. The molecule has 0 bridgehead atoms. The minimum atomic E-state index is -3.68. The van der Waals surface area contributed by atoms with Crippen LogP contribution in [0.5, 0.6) is 0 Å². The number of urea groups is 1. The Bertz CT molecular complexity index is 926. The van der Waals surface area contributed by atoms with Gasteiger partial charge < -0.3 is 15.4 Å². The number of benzene rings is 2. The fraction of sp³-hybridized carbons (Fsp3) is 0.278. The summed E-state index contributed by atoms with van der Waals surface area (Å²) in [5, 5.41) is 5.53. The Morgan fingerprint density at radius 1 is 1.07 bits per heavy atom. The molecule has 0 atom stereocenters. The van der Waals surface area contributed by atoms with Gasteiger partial charge in [-0.3, -0.25) is 0 Å². The van der Waals surface area contributed by atoms with E-state index in [0.717, 1.165) is 5.56 Å². The topological polar surface area (TPSA) is 87.7 Å². The molecule has 1 aliphatic rings. The van der Waals surface area contributed by atoms with Crippen molar-refractivity contribution in [3.05, 3.63) is 53.1 Å². The van der Waals surface area contributed by atoms with Crippen molar-refractivity contribution < 1.29 is 17.9 Å². The third-order valence-electron chi connectivity index (χ3n) is 4.10. The minimum Gasteiger partial charge on any atom is -0.379 e. The monoisotopic (exact) mass is 409 g/mol. The first-order chi connectivity index (χ1) is 12.9. The Morgan fingerprint density at radius 2 is 1.74 bits per heavy atom. The highest BCUT2D eigenvalue weighted by Gasteiger charge is 2.27. The summed E-state index contributed by atoms with van der Waals surface area (Å²) >= 11 is 6.13. The van der Waals surface area contributed by atoms with Gasteiger partial charge in [0.15, 0.2) is 0 Å². The number of nitrogens with zero attached hydrogens (tertiary/aromatic N) is 1. The number of carbonyl (C=O) groups is 1. The molecule has 1 fully saturated rings. The van der Waals surface area contributed by atoms with Gasteiger partial charge in [0, 0.05) is 18.8 Å². The van der Waals surface area contributed by atoms with E-state index in [9.17, 15) is 13.2 Å². The van der Waals surface area contributed by atoms with Gasteiger partial charge in [0.05, 0.1) is 28.8 Å². The molecule has 0 radical (unpaired) electrons. The van der Waals surface area contributed by atoms with Crippen molar-refractivity contribution in [3.63, 3.8) is 0 Å². The van der Waals surface area contributed by atoms with E-state index in [0.29, 0.717) is 32.0 Å². The normalized spacial score (nSPS) is 15.3. The lowest BCUT2D eigenvalue weighted by Crippen LogP contribution is -2.40. The summed E-state index contributed by atoms with van der Waals surface area (Å²) in [6.07, 6.45) is 0. The number of ether oxygens (including phenoxy) is 1. The van der Waals surface area contributed by atoms with Crippen LogP contribution in [-0.2, 0) is 14.8 Å². The molecule has 1 saturated heterocycles. The van der Waals surface area contributed by atoms with Crippen LogP contribution in [-0.4, -0.2) is 45.1 Å². The van der Waals surface area contributed by atoms with E-state index in [1.165, 1.54) is 22.5 Å². The Hall–Kier alpha value is -2.13. The van der Waals surface area contributed by atoms with Crippen LogP contribution in [0.3, 0.4) is 0 Å². The molecule has 0 saturated carbocycles. The van der Waals surface area contributed by atoms with Crippen LogP contribution in [0.1, 0.15) is 5.56 Å². The molecule has 0 unspecified atom stereocenters. The molecule has 3 rings (SSSR count). The molecular weight excluding hydrogens is 390 g/mol. The molecule has 0 aromatic heterocycles. The van der Waals surface area contributed by atoms with Crippen LogP contribution in [0.25, 0.3) is 0 Å². The quantitative estimate of drug-likeness (QED) is 0.810. The molecule has 144 valence electrons. The van der Waals surface area contributed by atoms with Crippen LogP contribution in [0.2, 0.25) is 5.02 Å². The summed E-state index contributed by atoms with van der Waals surface area (Å²) in [5.74, 6) is 0. The molecule has 2 aromatic rings. The maximum absolute atomic E-state index is 12.8. The number of rotatable bonds is 4. The number of amides is 2. The van der Waals surface area contributed by atoms with E-state index in [-0.39, 0.29) is 15.6 Å². The van der Waals surface area contributed by atoms with Crippen LogP contribution in [0, 0.1) is 6.92 Å². The van der Waals surface area contributed by atoms with Crippen molar-refractivity contribution in [1.82, 2.24) is 4.31 Å². The predicted molar refractivity (Wildman–Crippen MR) is 105 cm³/mol. The summed E-state index contributed by atoms with van der Waals surface area (Å²) in [6.45, 7) is 3.25. The van der Waals surface area contributed by atoms with Crippen LogP contribution in [0.15, 0.2) is 47.4 Å². The Morgan fingerprint density at radius 3 is 2.41 bits per heavy atom. The largest absolute Gasteiger partial charge is 0.379 e. The average molecular weight is 410 g/mol. The smallest absolute Gasteiger partial charge is 0.323 e. The molecule has 2 amide bonds. The molecule has 2 N–H and O–H groups in total. The number of carbonyl (C=O) groups excluding carboxylic acids is 1. The Kier molecular flexibility index (Phi) is 6.01. The zero-order chi connectivity index (χ0) is 19.4. The first kappa shape index (κ1) is 19.6. The second-order valence-corrected chi connectivity index (χ2v) is 8.45. The lowest BCUT2D eigenvalue weighted by molar-refractivity contribution is 0.0730. The van der Waals surface area contributed by atoms with E-state index < -0.39 is 16.1 Å². The SMILES string of the molecule is Cc1ccc(NC(=O)Nc2cc(S(=O)(=O)N3CCOCC3)ccc2Cl)cc1. The number of nitrogens with one attached hydrogen (secondary N) is 2. The number of sulfonamides is 1. The number of hydrogen-bond donors (Lipinski definition) is 2. The third-order valence-corrected chi connectivity index (χ3v) is 6.33. The van der Waals surface area contributed by atoms with Crippen molar-refractivity contribution in [1.29, 1.82) is 0 Å². The highest BCUT2D eigenvalue weighted by molar-refractivity contribution is 7.89. The van der Waals surface area contributed by atoms with Crippen molar-refractivity contribution in [3.8, 4) is 0 Å². The van der Waals surface area contributed by atoms with E-state index in [2.05, 4.69) is 10.6 Å². The van der Waals surface area contributed by atoms with E-state index in [1.54, 1.807) is 12.1 Å². The van der Waals surface area contributed by atoms with Gasteiger partial charge in [0.25, 0.3) is 0 Å². The van der Waals surface area contributed by atoms with Gasteiger partial charge in [-0.1, -0.05) is 29.3 Å². The number of morpholine rings is 1. The van der Waals surface area contributed by atoms with Gasteiger partial charge in [0.2, 0.25) is 10.0 Å². The van der Waals surface area contributed by atoms with Gasteiger partial charge in [-0.05, 0) is 37.3 Å². The van der Waals surface area contributed by atoms with Gasteiger partial charge in [-0.15, -0.1) is 0 Å². The second-order valence-electron chi connectivity index (χ2n) is 6.10. The molecular formula is C18H20ClN3O4S. The summed E-state index contributed by atoms with van der Waals surface area (Å²) < 4.78 is 32.1. The molecule has 2 aromatic carbocycles. The lowest BCUT2D eigenvalue weighted by atomic mass is 10.2.